The summed E-state index contributed by atoms with van der Waals surface area (Å²) in [6.07, 6.45) is 4.24. The van der Waals surface area contributed by atoms with E-state index in [1.807, 2.05) is 30.0 Å². The second-order valence-electron chi connectivity index (χ2n) is 6.16. The minimum Gasteiger partial charge on any atom is -0.374 e. The Kier molecular flexibility index (Phi) is 5.12. The summed E-state index contributed by atoms with van der Waals surface area (Å²) in [4.78, 5) is 0. The Labute approximate surface area is 135 Å². The lowest BCUT2D eigenvalue weighted by molar-refractivity contribution is -0.0850. The van der Waals surface area contributed by atoms with Gasteiger partial charge in [-0.05, 0) is 49.0 Å². The molecule has 3 unspecified atom stereocenters. The fourth-order valence-electron chi connectivity index (χ4n) is 3.53. The maximum atomic E-state index is 6.29. The van der Waals surface area contributed by atoms with E-state index in [1.165, 1.54) is 17.7 Å². The number of hydrogen-bond acceptors (Lipinski definition) is 4. The molecule has 0 radical (unpaired) electrons. The fourth-order valence-corrected chi connectivity index (χ4v) is 5.13. The summed E-state index contributed by atoms with van der Waals surface area (Å²) in [5.74, 6) is 8.76. The van der Waals surface area contributed by atoms with E-state index in [0.717, 1.165) is 36.6 Å². The quantitative estimate of drug-likeness (QED) is 0.659. The summed E-state index contributed by atoms with van der Waals surface area (Å²) in [6.45, 7) is 0.853. The van der Waals surface area contributed by atoms with Gasteiger partial charge in [-0.25, -0.2) is 0 Å². The Morgan fingerprint density at radius 3 is 3.05 bits per heavy atom. The lowest BCUT2D eigenvalue weighted by Crippen LogP contribution is -2.49. The normalized spacial score (nSPS) is 30.7. The highest BCUT2D eigenvalue weighted by Crippen LogP contribution is 2.41. The number of hydrogen-bond donors (Lipinski definition) is 2. The molecule has 0 saturated carbocycles. The summed E-state index contributed by atoms with van der Waals surface area (Å²) < 4.78 is 6.11. The molecule has 1 aromatic carbocycles. The molecule has 2 fully saturated rings. The number of rotatable bonds is 4. The first-order valence-corrected chi connectivity index (χ1v) is 9.17. The molecule has 0 aliphatic carbocycles. The minimum atomic E-state index is 0.100. The fraction of sp³-hybridized carbons (Fsp3) is 0.625. The van der Waals surface area contributed by atoms with Crippen LogP contribution >= 0.6 is 23.4 Å². The predicted molar refractivity (Wildman–Crippen MR) is 89.6 cm³/mol. The van der Waals surface area contributed by atoms with Crippen molar-refractivity contribution in [2.24, 2.45) is 11.8 Å². The molecule has 5 heteroatoms. The van der Waals surface area contributed by atoms with E-state index in [-0.39, 0.29) is 11.6 Å². The molecular weight excluding hydrogens is 304 g/mol. The third-order valence-electron chi connectivity index (χ3n) is 4.78. The molecule has 3 atom stereocenters. The Balaban J connectivity index is 1.69. The molecule has 2 saturated heterocycles. The minimum absolute atomic E-state index is 0.100. The Morgan fingerprint density at radius 2 is 2.33 bits per heavy atom. The van der Waals surface area contributed by atoms with Crippen LogP contribution < -0.4 is 11.3 Å². The molecule has 2 heterocycles. The zero-order valence-corrected chi connectivity index (χ0v) is 13.8. The monoisotopic (exact) mass is 326 g/mol. The zero-order chi connectivity index (χ0) is 14.7. The van der Waals surface area contributed by atoms with Gasteiger partial charge in [0.05, 0.1) is 5.60 Å². The number of nitrogens with two attached hydrogens (primary N) is 1. The van der Waals surface area contributed by atoms with Gasteiger partial charge in [-0.1, -0.05) is 29.8 Å². The van der Waals surface area contributed by atoms with Crippen molar-refractivity contribution in [1.82, 2.24) is 5.43 Å². The molecule has 2 aliphatic heterocycles. The Bertz CT molecular complexity index is 479. The van der Waals surface area contributed by atoms with Crippen molar-refractivity contribution in [3.8, 4) is 0 Å². The number of hydrazine groups is 1. The molecule has 3 nitrogen and oxygen atoms in total. The van der Waals surface area contributed by atoms with Crippen LogP contribution in [-0.4, -0.2) is 29.8 Å². The standard InChI is InChI=1S/C16H23ClN2OS/c17-14-4-2-1-3-12(14)9-15(19-18)13-5-7-20-16(10-13)6-8-21-11-16/h1-4,13,15,19H,5-11,18H2. The first kappa shape index (κ1) is 15.6. The van der Waals surface area contributed by atoms with E-state index in [4.69, 9.17) is 22.2 Å². The number of benzene rings is 1. The highest BCUT2D eigenvalue weighted by atomic mass is 35.5. The lowest BCUT2D eigenvalue weighted by Gasteiger charge is -2.40. The average molecular weight is 327 g/mol. The van der Waals surface area contributed by atoms with Crippen molar-refractivity contribution in [2.75, 3.05) is 18.1 Å². The van der Waals surface area contributed by atoms with Crippen LogP contribution in [0.2, 0.25) is 5.02 Å². The van der Waals surface area contributed by atoms with Crippen molar-refractivity contribution < 1.29 is 4.74 Å². The van der Waals surface area contributed by atoms with Gasteiger partial charge in [0, 0.05) is 23.4 Å². The molecule has 1 aromatic rings. The lowest BCUT2D eigenvalue weighted by atomic mass is 9.79. The topological polar surface area (TPSA) is 47.3 Å². The van der Waals surface area contributed by atoms with Gasteiger partial charge in [0.2, 0.25) is 0 Å². The summed E-state index contributed by atoms with van der Waals surface area (Å²) in [5.41, 5.74) is 4.30. The molecule has 0 aromatic heterocycles. The van der Waals surface area contributed by atoms with Crippen LogP contribution in [0.3, 0.4) is 0 Å². The maximum Gasteiger partial charge on any atom is 0.0783 e. The van der Waals surface area contributed by atoms with Gasteiger partial charge in [0.1, 0.15) is 0 Å². The van der Waals surface area contributed by atoms with Crippen LogP contribution in [0.5, 0.6) is 0 Å². The molecule has 21 heavy (non-hydrogen) atoms. The third-order valence-corrected chi connectivity index (χ3v) is 6.37. The maximum absolute atomic E-state index is 6.29. The largest absolute Gasteiger partial charge is 0.374 e. The zero-order valence-electron chi connectivity index (χ0n) is 12.2. The molecular formula is C16H23ClN2OS. The van der Waals surface area contributed by atoms with Gasteiger partial charge in [-0.15, -0.1) is 0 Å². The van der Waals surface area contributed by atoms with Crippen LogP contribution in [0, 0.1) is 5.92 Å². The van der Waals surface area contributed by atoms with Crippen LogP contribution in [0.25, 0.3) is 0 Å². The molecule has 3 N–H and O–H groups in total. The highest BCUT2D eigenvalue weighted by molar-refractivity contribution is 7.99. The number of halogens is 1. The van der Waals surface area contributed by atoms with Crippen LogP contribution in [0.4, 0.5) is 0 Å². The van der Waals surface area contributed by atoms with Gasteiger partial charge >= 0.3 is 0 Å². The average Bonchev–Trinajstić information content (AvgIpc) is 2.94. The first-order chi connectivity index (χ1) is 10.2. The second kappa shape index (κ2) is 6.88. The van der Waals surface area contributed by atoms with Crippen molar-refractivity contribution in [3.05, 3.63) is 34.9 Å². The van der Waals surface area contributed by atoms with Crippen molar-refractivity contribution in [2.45, 2.75) is 37.3 Å². The van der Waals surface area contributed by atoms with E-state index in [1.54, 1.807) is 0 Å². The van der Waals surface area contributed by atoms with Crippen molar-refractivity contribution >= 4 is 23.4 Å². The summed E-state index contributed by atoms with van der Waals surface area (Å²) in [5, 5.41) is 0.830. The number of nitrogens with one attached hydrogen (secondary N) is 1. The van der Waals surface area contributed by atoms with Crippen LogP contribution in [-0.2, 0) is 11.2 Å². The third kappa shape index (κ3) is 3.57. The van der Waals surface area contributed by atoms with Crippen LogP contribution in [0.15, 0.2) is 24.3 Å². The summed E-state index contributed by atoms with van der Waals surface area (Å²) in [7, 11) is 0. The molecule has 1 spiro atoms. The van der Waals surface area contributed by atoms with E-state index in [2.05, 4.69) is 11.5 Å². The van der Waals surface area contributed by atoms with Gasteiger partial charge in [0.25, 0.3) is 0 Å². The van der Waals surface area contributed by atoms with Gasteiger partial charge in [-0.2, -0.15) is 11.8 Å². The smallest absolute Gasteiger partial charge is 0.0783 e. The van der Waals surface area contributed by atoms with Crippen LogP contribution in [0.1, 0.15) is 24.8 Å². The number of ether oxygens (including phenoxy) is 1. The van der Waals surface area contributed by atoms with Gasteiger partial charge < -0.3 is 4.74 Å². The SMILES string of the molecule is NNC(Cc1ccccc1Cl)C1CCOC2(CCSC2)C1. The summed E-state index contributed by atoms with van der Waals surface area (Å²) >= 11 is 8.30. The molecule has 0 amide bonds. The van der Waals surface area contributed by atoms with Gasteiger partial charge in [-0.3, -0.25) is 11.3 Å². The van der Waals surface area contributed by atoms with Crippen molar-refractivity contribution in [1.29, 1.82) is 0 Å². The summed E-state index contributed by atoms with van der Waals surface area (Å²) in [6, 6.07) is 8.30. The first-order valence-electron chi connectivity index (χ1n) is 7.64. The van der Waals surface area contributed by atoms with Gasteiger partial charge in [0.15, 0.2) is 0 Å². The number of thioether (sulfide) groups is 1. The Hall–Kier alpha value is -0.260. The molecule has 0 bridgehead atoms. The molecule has 2 aliphatic rings. The molecule has 116 valence electrons. The van der Waals surface area contributed by atoms with E-state index >= 15 is 0 Å². The van der Waals surface area contributed by atoms with E-state index in [9.17, 15) is 0 Å². The molecule has 3 rings (SSSR count). The second-order valence-corrected chi connectivity index (χ2v) is 7.67. The predicted octanol–water partition coefficient (Wildman–Crippen LogP) is 3.02. The van der Waals surface area contributed by atoms with E-state index in [0.29, 0.717) is 5.92 Å². The Morgan fingerprint density at radius 1 is 1.48 bits per heavy atom. The van der Waals surface area contributed by atoms with E-state index < -0.39 is 0 Å². The highest BCUT2D eigenvalue weighted by Gasteiger charge is 2.42. The van der Waals surface area contributed by atoms with Crippen molar-refractivity contribution in [3.63, 3.8) is 0 Å².